The summed E-state index contributed by atoms with van der Waals surface area (Å²) in [5, 5.41) is 14.9. The van der Waals surface area contributed by atoms with E-state index in [1.165, 1.54) is 0 Å². The van der Waals surface area contributed by atoms with Crippen molar-refractivity contribution in [2.75, 3.05) is 6.54 Å². The van der Waals surface area contributed by atoms with Crippen LogP contribution in [0.3, 0.4) is 0 Å². The first kappa shape index (κ1) is 14.8. The van der Waals surface area contributed by atoms with Crippen LogP contribution < -0.4 is 10.6 Å². The zero-order valence-electron chi connectivity index (χ0n) is 11.8. The summed E-state index contributed by atoms with van der Waals surface area (Å²) in [5.41, 5.74) is -1.12. The molecule has 1 atom stereocenters. The summed E-state index contributed by atoms with van der Waals surface area (Å²) < 4.78 is 0. The second kappa shape index (κ2) is 5.81. The summed E-state index contributed by atoms with van der Waals surface area (Å²) in [6.45, 7) is 2.40. The lowest BCUT2D eigenvalue weighted by atomic mass is 9.76. The van der Waals surface area contributed by atoms with E-state index < -0.39 is 11.5 Å². The predicted octanol–water partition coefficient (Wildman–Crippen LogP) is 0.662. The molecule has 0 aromatic carbocycles. The number of hydrogen-bond acceptors (Lipinski definition) is 3. The molecule has 20 heavy (non-hydrogen) atoms. The number of aliphatic carboxylic acids is 1. The van der Waals surface area contributed by atoms with E-state index in [1.807, 2.05) is 0 Å². The number of hydrogen-bond donors (Lipinski definition) is 3. The zero-order chi connectivity index (χ0) is 14.8. The van der Waals surface area contributed by atoms with Crippen molar-refractivity contribution < 1.29 is 19.5 Å². The maximum absolute atomic E-state index is 12.2. The second-order valence-corrected chi connectivity index (χ2v) is 6.10. The lowest BCUT2D eigenvalue weighted by Gasteiger charge is -2.37. The Balaban J connectivity index is 1.99. The van der Waals surface area contributed by atoms with Gasteiger partial charge in [-0.3, -0.25) is 9.59 Å². The van der Waals surface area contributed by atoms with Crippen LogP contribution >= 0.6 is 0 Å². The monoisotopic (exact) mass is 282 g/mol. The number of piperidine rings is 1. The Morgan fingerprint density at radius 2 is 1.95 bits per heavy atom. The largest absolute Gasteiger partial charge is 0.480 e. The third kappa shape index (κ3) is 3.11. The highest BCUT2D eigenvalue weighted by Gasteiger charge is 2.43. The highest BCUT2D eigenvalue weighted by molar-refractivity contribution is 5.89. The summed E-state index contributed by atoms with van der Waals surface area (Å²) in [6.07, 6.45) is 3.41. The van der Waals surface area contributed by atoms with Gasteiger partial charge in [-0.25, -0.2) is 4.79 Å². The van der Waals surface area contributed by atoms with Gasteiger partial charge in [-0.05, 0) is 38.0 Å². The van der Waals surface area contributed by atoms with Crippen LogP contribution in [0.15, 0.2) is 0 Å². The molecule has 1 aliphatic carbocycles. The van der Waals surface area contributed by atoms with Gasteiger partial charge in [-0.2, -0.15) is 0 Å². The van der Waals surface area contributed by atoms with Gasteiger partial charge in [-0.1, -0.05) is 6.92 Å². The number of amides is 2. The van der Waals surface area contributed by atoms with Gasteiger partial charge in [0.25, 0.3) is 0 Å². The topological polar surface area (TPSA) is 95.5 Å². The van der Waals surface area contributed by atoms with Gasteiger partial charge in [-0.15, -0.1) is 0 Å². The van der Waals surface area contributed by atoms with Crippen molar-refractivity contribution in [3.63, 3.8) is 0 Å². The normalized spacial score (nSPS) is 34.1. The number of nitrogens with one attached hydrogen (secondary N) is 2. The van der Waals surface area contributed by atoms with Crippen molar-refractivity contribution in [3.8, 4) is 0 Å². The first-order valence-corrected chi connectivity index (χ1v) is 7.25. The molecule has 1 unspecified atom stereocenters. The first-order valence-electron chi connectivity index (χ1n) is 7.25. The molecule has 2 fully saturated rings. The van der Waals surface area contributed by atoms with Gasteiger partial charge < -0.3 is 15.7 Å². The summed E-state index contributed by atoms with van der Waals surface area (Å²) in [7, 11) is 0. The molecule has 2 aliphatic rings. The van der Waals surface area contributed by atoms with Crippen LogP contribution in [0.4, 0.5) is 0 Å². The lowest BCUT2D eigenvalue weighted by molar-refractivity contribution is -0.150. The Morgan fingerprint density at radius 3 is 2.45 bits per heavy atom. The molecule has 0 spiro atoms. The minimum Gasteiger partial charge on any atom is -0.480 e. The van der Waals surface area contributed by atoms with Crippen LogP contribution in [0.2, 0.25) is 0 Å². The molecule has 3 N–H and O–H groups in total. The smallest absolute Gasteiger partial charge is 0.329 e. The minimum atomic E-state index is -1.12. The molecule has 1 heterocycles. The van der Waals surface area contributed by atoms with Gasteiger partial charge in [0.2, 0.25) is 11.8 Å². The fourth-order valence-corrected chi connectivity index (χ4v) is 2.94. The van der Waals surface area contributed by atoms with Crippen LogP contribution in [0.1, 0.15) is 45.4 Å². The summed E-state index contributed by atoms with van der Waals surface area (Å²) in [4.78, 5) is 34.9. The minimum absolute atomic E-state index is 0.0477. The van der Waals surface area contributed by atoms with E-state index in [-0.39, 0.29) is 17.7 Å². The quantitative estimate of drug-likeness (QED) is 0.708. The van der Waals surface area contributed by atoms with Crippen molar-refractivity contribution >= 4 is 17.8 Å². The molecule has 0 bridgehead atoms. The van der Waals surface area contributed by atoms with Crippen molar-refractivity contribution in [1.82, 2.24) is 10.6 Å². The van der Waals surface area contributed by atoms with Crippen LogP contribution in [-0.4, -0.2) is 35.0 Å². The molecule has 112 valence electrons. The van der Waals surface area contributed by atoms with E-state index in [4.69, 9.17) is 0 Å². The molecule has 1 aliphatic heterocycles. The molecule has 2 amide bonds. The number of carbonyl (C=O) groups is 3. The summed E-state index contributed by atoms with van der Waals surface area (Å²) in [6, 6.07) is 0. The average Bonchev–Trinajstić information content (AvgIpc) is 2.42. The molecule has 2 rings (SSSR count). The molecule has 1 saturated carbocycles. The summed E-state index contributed by atoms with van der Waals surface area (Å²) in [5.74, 6) is -1.05. The van der Waals surface area contributed by atoms with E-state index in [0.717, 1.165) is 12.8 Å². The Kier molecular flexibility index (Phi) is 4.30. The van der Waals surface area contributed by atoms with Crippen molar-refractivity contribution in [3.05, 3.63) is 0 Å². The predicted molar refractivity (Wildman–Crippen MR) is 71.9 cm³/mol. The Labute approximate surface area is 118 Å². The third-order valence-electron chi connectivity index (χ3n) is 4.54. The molecule has 1 saturated heterocycles. The SMILES string of the molecule is CC1CCC(NC(=O)C2CCC(=O)NC2)(C(=O)O)CC1. The van der Waals surface area contributed by atoms with Crippen molar-refractivity contribution in [2.45, 2.75) is 51.0 Å². The molecular weight excluding hydrogens is 260 g/mol. The first-order chi connectivity index (χ1) is 9.43. The van der Waals surface area contributed by atoms with Crippen LogP contribution in [0, 0.1) is 11.8 Å². The van der Waals surface area contributed by atoms with E-state index in [1.54, 1.807) is 0 Å². The molecule has 6 nitrogen and oxygen atoms in total. The highest BCUT2D eigenvalue weighted by atomic mass is 16.4. The Hall–Kier alpha value is -1.59. The van der Waals surface area contributed by atoms with Crippen LogP contribution in [-0.2, 0) is 14.4 Å². The Morgan fingerprint density at radius 1 is 1.30 bits per heavy atom. The Bertz CT molecular complexity index is 403. The fraction of sp³-hybridized carbons (Fsp3) is 0.786. The van der Waals surface area contributed by atoms with Gasteiger partial charge in [0.15, 0.2) is 0 Å². The average molecular weight is 282 g/mol. The van der Waals surface area contributed by atoms with E-state index >= 15 is 0 Å². The van der Waals surface area contributed by atoms with E-state index in [9.17, 15) is 19.5 Å². The lowest BCUT2D eigenvalue weighted by Crippen LogP contribution is -2.58. The van der Waals surface area contributed by atoms with Crippen molar-refractivity contribution in [2.24, 2.45) is 11.8 Å². The molecular formula is C14H22N2O4. The van der Waals surface area contributed by atoms with Gasteiger partial charge >= 0.3 is 5.97 Å². The molecule has 6 heteroatoms. The van der Waals surface area contributed by atoms with Gasteiger partial charge in [0.05, 0.1) is 5.92 Å². The number of carboxylic acids is 1. The van der Waals surface area contributed by atoms with Gasteiger partial charge in [0.1, 0.15) is 5.54 Å². The molecule has 0 aromatic rings. The zero-order valence-corrected chi connectivity index (χ0v) is 11.8. The van der Waals surface area contributed by atoms with Crippen molar-refractivity contribution in [1.29, 1.82) is 0 Å². The standard InChI is InChI=1S/C14H22N2O4/c1-9-4-6-14(7-5-9,13(19)20)16-12(18)10-2-3-11(17)15-8-10/h9-10H,2-8H2,1H3,(H,15,17)(H,16,18)(H,19,20). The van der Waals surface area contributed by atoms with Crippen LogP contribution in [0.25, 0.3) is 0 Å². The van der Waals surface area contributed by atoms with E-state index in [2.05, 4.69) is 17.6 Å². The molecule has 0 radical (unpaired) electrons. The number of carbonyl (C=O) groups excluding carboxylic acids is 2. The summed E-state index contributed by atoms with van der Waals surface area (Å²) >= 11 is 0. The second-order valence-electron chi connectivity index (χ2n) is 6.10. The van der Waals surface area contributed by atoms with Gasteiger partial charge in [0, 0.05) is 13.0 Å². The fourth-order valence-electron chi connectivity index (χ4n) is 2.94. The van der Waals surface area contributed by atoms with E-state index in [0.29, 0.717) is 38.1 Å². The maximum atomic E-state index is 12.2. The number of carboxylic acid groups (broad SMARTS) is 1. The molecule has 0 aromatic heterocycles. The van der Waals surface area contributed by atoms with Crippen LogP contribution in [0.5, 0.6) is 0 Å². The number of rotatable bonds is 3. The maximum Gasteiger partial charge on any atom is 0.329 e. The third-order valence-corrected chi connectivity index (χ3v) is 4.54. The highest BCUT2D eigenvalue weighted by Crippen LogP contribution is 2.32.